The quantitative estimate of drug-likeness (QED) is 0.486. The third-order valence-corrected chi connectivity index (χ3v) is 4.86. The summed E-state index contributed by atoms with van der Waals surface area (Å²) in [7, 11) is -4.41. The standard InChI is InChI=1S/C19H24O5S/c1-2-3-4-5-6-10-15-11-9-12-16(20)19(15)24-17-13-7-8-14-18(17)25(21,22)23/h7-9,11-14,20H,2-6,10H2,1H3,(H,21,22,23). The van der Waals surface area contributed by atoms with Crippen molar-refractivity contribution in [1.82, 2.24) is 0 Å². The lowest BCUT2D eigenvalue weighted by atomic mass is 10.0. The largest absolute Gasteiger partial charge is 0.504 e. The van der Waals surface area contributed by atoms with Gasteiger partial charge >= 0.3 is 0 Å². The number of rotatable bonds is 9. The minimum atomic E-state index is -4.41. The number of benzene rings is 2. The Kier molecular flexibility index (Phi) is 6.84. The van der Waals surface area contributed by atoms with Crippen LogP contribution in [-0.2, 0) is 16.5 Å². The fourth-order valence-electron chi connectivity index (χ4n) is 2.66. The van der Waals surface area contributed by atoms with Gasteiger partial charge in [0.05, 0.1) is 0 Å². The minimum Gasteiger partial charge on any atom is -0.504 e. The van der Waals surface area contributed by atoms with Crippen molar-refractivity contribution in [3.05, 3.63) is 48.0 Å². The van der Waals surface area contributed by atoms with Gasteiger partial charge in [0.15, 0.2) is 11.5 Å². The van der Waals surface area contributed by atoms with Gasteiger partial charge in [-0.1, -0.05) is 56.9 Å². The average molecular weight is 364 g/mol. The zero-order valence-corrected chi connectivity index (χ0v) is 15.1. The molecule has 0 unspecified atom stereocenters. The summed E-state index contributed by atoms with van der Waals surface area (Å²) < 4.78 is 38.0. The molecule has 0 bridgehead atoms. The van der Waals surface area contributed by atoms with Crippen LogP contribution in [-0.4, -0.2) is 18.1 Å². The van der Waals surface area contributed by atoms with Gasteiger partial charge in [-0.05, 0) is 36.6 Å². The first-order valence-corrected chi connectivity index (χ1v) is 9.92. The summed E-state index contributed by atoms with van der Waals surface area (Å²) in [4.78, 5) is -0.327. The molecule has 0 aliphatic carbocycles. The lowest BCUT2D eigenvalue weighted by molar-refractivity contribution is 0.397. The fourth-order valence-corrected chi connectivity index (χ4v) is 3.28. The summed E-state index contributed by atoms with van der Waals surface area (Å²) in [5, 5.41) is 10.2. The van der Waals surface area contributed by atoms with Crippen LogP contribution in [0.3, 0.4) is 0 Å². The molecular weight excluding hydrogens is 340 g/mol. The van der Waals surface area contributed by atoms with E-state index in [1.165, 1.54) is 37.1 Å². The van der Waals surface area contributed by atoms with Crippen molar-refractivity contribution in [2.75, 3.05) is 0 Å². The summed E-state index contributed by atoms with van der Waals surface area (Å²) in [6.45, 7) is 2.16. The number of para-hydroxylation sites is 2. The molecule has 2 aromatic rings. The van der Waals surface area contributed by atoms with E-state index >= 15 is 0 Å². The molecule has 5 nitrogen and oxygen atoms in total. The van der Waals surface area contributed by atoms with Gasteiger partial charge in [0, 0.05) is 0 Å². The second-order valence-electron chi connectivity index (χ2n) is 5.95. The summed E-state index contributed by atoms with van der Waals surface area (Å²) in [5.41, 5.74) is 0.807. The second kappa shape index (κ2) is 8.87. The van der Waals surface area contributed by atoms with Crippen molar-refractivity contribution in [2.24, 2.45) is 0 Å². The molecule has 2 aromatic carbocycles. The summed E-state index contributed by atoms with van der Waals surface area (Å²) in [6.07, 6.45) is 6.31. The molecule has 2 N–H and O–H groups in total. The van der Waals surface area contributed by atoms with E-state index in [-0.39, 0.29) is 22.1 Å². The zero-order chi connectivity index (χ0) is 18.3. The maximum absolute atomic E-state index is 11.5. The summed E-state index contributed by atoms with van der Waals surface area (Å²) in [5.74, 6) is 0.157. The monoisotopic (exact) mass is 364 g/mol. The van der Waals surface area contributed by atoms with Crippen molar-refractivity contribution in [3.63, 3.8) is 0 Å². The smallest absolute Gasteiger partial charge is 0.298 e. The summed E-state index contributed by atoms with van der Waals surface area (Å²) in [6, 6.07) is 10.9. The third-order valence-electron chi connectivity index (χ3n) is 3.96. The van der Waals surface area contributed by atoms with Crippen molar-refractivity contribution in [1.29, 1.82) is 0 Å². The van der Waals surface area contributed by atoms with Gasteiger partial charge in [0.25, 0.3) is 10.1 Å². The van der Waals surface area contributed by atoms with Crippen molar-refractivity contribution < 1.29 is 22.8 Å². The Bertz CT molecular complexity index is 799. The van der Waals surface area contributed by atoms with E-state index in [1.54, 1.807) is 12.1 Å². The summed E-state index contributed by atoms with van der Waals surface area (Å²) >= 11 is 0. The number of phenolic OH excluding ortho intramolecular Hbond substituents is 1. The third kappa shape index (κ3) is 5.47. The van der Waals surface area contributed by atoms with Crippen LogP contribution in [0.15, 0.2) is 47.4 Å². The van der Waals surface area contributed by atoms with Gasteiger partial charge in [-0.3, -0.25) is 4.55 Å². The van der Waals surface area contributed by atoms with Gasteiger partial charge in [-0.15, -0.1) is 0 Å². The normalized spacial score (nSPS) is 11.4. The van der Waals surface area contributed by atoms with Crippen molar-refractivity contribution in [2.45, 2.75) is 50.3 Å². The van der Waals surface area contributed by atoms with Gasteiger partial charge in [-0.2, -0.15) is 8.42 Å². The molecule has 0 saturated heterocycles. The lowest BCUT2D eigenvalue weighted by Crippen LogP contribution is -2.02. The Morgan fingerprint density at radius 3 is 2.40 bits per heavy atom. The van der Waals surface area contributed by atoms with Crippen molar-refractivity contribution >= 4 is 10.1 Å². The molecule has 6 heteroatoms. The number of phenols is 1. The van der Waals surface area contributed by atoms with Crippen LogP contribution in [0.25, 0.3) is 0 Å². The van der Waals surface area contributed by atoms with Gasteiger partial charge in [0.1, 0.15) is 10.6 Å². The van der Waals surface area contributed by atoms with E-state index in [1.807, 2.05) is 6.07 Å². The molecular formula is C19H24O5S. The second-order valence-corrected chi connectivity index (χ2v) is 7.34. The molecule has 0 amide bonds. The van der Waals surface area contributed by atoms with Crippen LogP contribution in [0.2, 0.25) is 0 Å². The Balaban J connectivity index is 2.23. The number of hydrogen-bond acceptors (Lipinski definition) is 4. The zero-order valence-electron chi connectivity index (χ0n) is 14.3. The fraction of sp³-hybridized carbons (Fsp3) is 0.368. The molecule has 0 aromatic heterocycles. The van der Waals surface area contributed by atoms with E-state index in [0.717, 1.165) is 31.2 Å². The lowest BCUT2D eigenvalue weighted by Gasteiger charge is -2.14. The van der Waals surface area contributed by atoms with E-state index in [9.17, 15) is 18.1 Å². The average Bonchev–Trinajstić information content (AvgIpc) is 2.57. The Morgan fingerprint density at radius 1 is 0.960 bits per heavy atom. The molecule has 0 spiro atoms. The molecule has 0 aliphatic heterocycles. The topological polar surface area (TPSA) is 83.8 Å². The first-order chi connectivity index (χ1) is 11.9. The molecule has 0 fully saturated rings. The Labute approximate surface area is 149 Å². The van der Waals surface area contributed by atoms with Gasteiger partial charge in [0.2, 0.25) is 0 Å². The number of aryl methyl sites for hydroxylation is 1. The maximum Gasteiger partial charge on any atom is 0.298 e. The van der Waals surface area contributed by atoms with Crippen LogP contribution in [0.4, 0.5) is 0 Å². The minimum absolute atomic E-state index is 0.0151. The molecule has 136 valence electrons. The molecule has 0 aliphatic rings. The van der Waals surface area contributed by atoms with E-state index in [0.29, 0.717) is 0 Å². The Morgan fingerprint density at radius 2 is 1.68 bits per heavy atom. The number of unbranched alkanes of at least 4 members (excludes halogenated alkanes) is 4. The van der Waals surface area contributed by atoms with Gasteiger partial charge in [-0.25, -0.2) is 0 Å². The van der Waals surface area contributed by atoms with Crippen LogP contribution in [0, 0.1) is 0 Å². The first-order valence-electron chi connectivity index (χ1n) is 8.48. The van der Waals surface area contributed by atoms with E-state index < -0.39 is 10.1 Å². The molecule has 0 atom stereocenters. The molecule has 25 heavy (non-hydrogen) atoms. The van der Waals surface area contributed by atoms with Crippen LogP contribution < -0.4 is 4.74 Å². The molecule has 0 saturated carbocycles. The van der Waals surface area contributed by atoms with Crippen LogP contribution >= 0.6 is 0 Å². The highest BCUT2D eigenvalue weighted by Gasteiger charge is 2.19. The van der Waals surface area contributed by atoms with Gasteiger partial charge < -0.3 is 9.84 Å². The molecule has 2 rings (SSSR count). The number of ether oxygens (including phenoxy) is 1. The number of aromatic hydroxyl groups is 1. The van der Waals surface area contributed by atoms with E-state index in [4.69, 9.17) is 4.74 Å². The molecule has 0 heterocycles. The first kappa shape index (κ1) is 19.3. The molecule has 0 radical (unpaired) electrons. The van der Waals surface area contributed by atoms with Crippen LogP contribution in [0.1, 0.15) is 44.6 Å². The van der Waals surface area contributed by atoms with E-state index in [2.05, 4.69) is 6.92 Å². The number of hydrogen-bond donors (Lipinski definition) is 2. The maximum atomic E-state index is 11.5. The highest BCUT2D eigenvalue weighted by Crippen LogP contribution is 2.37. The predicted octanol–water partition coefficient (Wildman–Crippen LogP) is 4.94. The highest BCUT2D eigenvalue weighted by atomic mass is 32.2. The SMILES string of the molecule is CCCCCCCc1cccc(O)c1Oc1ccccc1S(=O)(=O)O. The van der Waals surface area contributed by atoms with Crippen LogP contribution in [0.5, 0.6) is 17.2 Å². The predicted molar refractivity (Wildman–Crippen MR) is 96.9 cm³/mol. The van der Waals surface area contributed by atoms with Crippen molar-refractivity contribution in [3.8, 4) is 17.2 Å². The Hall–Kier alpha value is -2.05. The highest BCUT2D eigenvalue weighted by molar-refractivity contribution is 7.86.